The summed E-state index contributed by atoms with van der Waals surface area (Å²) in [6, 6.07) is 13.2. The number of aromatic nitrogens is 1. The molecule has 3 N–H and O–H groups in total. The summed E-state index contributed by atoms with van der Waals surface area (Å²) in [5.41, 5.74) is 1.39. The number of hydrogen-bond acceptors (Lipinski definition) is 2. The number of carbonyl (C=O) groups is 2. The number of H-pyrrole nitrogens is 1. The molecule has 1 amide bonds. The molecule has 0 unspecified atom stereocenters. The highest BCUT2D eigenvalue weighted by Gasteiger charge is 2.14. The molecule has 1 heterocycles. The van der Waals surface area contributed by atoms with Gasteiger partial charge in [0, 0.05) is 15.9 Å². The molecule has 1 aromatic heterocycles. The van der Waals surface area contributed by atoms with Crippen molar-refractivity contribution in [2.75, 3.05) is 5.32 Å². The average molecular weight is 315 g/mol. The van der Waals surface area contributed by atoms with Crippen molar-refractivity contribution < 1.29 is 14.7 Å². The second-order valence-corrected chi connectivity index (χ2v) is 5.16. The normalized spacial score (nSPS) is 10.6. The van der Waals surface area contributed by atoms with Crippen molar-refractivity contribution >= 4 is 40.1 Å². The van der Waals surface area contributed by atoms with Crippen LogP contribution in [-0.4, -0.2) is 22.0 Å². The molecular formula is C16H11ClN2O3. The van der Waals surface area contributed by atoms with Crippen molar-refractivity contribution in [1.29, 1.82) is 0 Å². The fourth-order valence-corrected chi connectivity index (χ4v) is 2.37. The number of nitrogens with one attached hydrogen (secondary N) is 2. The summed E-state index contributed by atoms with van der Waals surface area (Å²) in [5, 5.41) is 13.1. The van der Waals surface area contributed by atoms with Gasteiger partial charge in [0.25, 0.3) is 5.91 Å². The van der Waals surface area contributed by atoms with Crippen LogP contribution in [0.15, 0.2) is 48.5 Å². The molecule has 22 heavy (non-hydrogen) atoms. The number of carboxylic acids is 1. The summed E-state index contributed by atoms with van der Waals surface area (Å²) in [5.74, 6) is -1.51. The van der Waals surface area contributed by atoms with E-state index in [0.29, 0.717) is 10.7 Å². The molecule has 110 valence electrons. The van der Waals surface area contributed by atoms with Gasteiger partial charge in [-0.1, -0.05) is 23.7 Å². The lowest BCUT2D eigenvalue weighted by Gasteiger charge is -2.06. The summed E-state index contributed by atoms with van der Waals surface area (Å²) in [6.07, 6.45) is 0. The maximum absolute atomic E-state index is 12.3. The quantitative estimate of drug-likeness (QED) is 0.688. The Morgan fingerprint density at radius 2 is 1.86 bits per heavy atom. The fraction of sp³-hybridized carbons (Fsp3) is 0. The Balaban J connectivity index is 1.92. The van der Waals surface area contributed by atoms with Gasteiger partial charge in [-0.25, -0.2) is 4.79 Å². The number of hydrogen-bond donors (Lipinski definition) is 3. The fourth-order valence-electron chi connectivity index (χ4n) is 2.19. The van der Waals surface area contributed by atoms with E-state index in [0.717, 1.165) is 10.9 Å². The summed E-state index contributed by atoms with van der Waals surface area (Å²) < 4.78 is 0. The number of rotatable bonds is 3. The molecule has 0 atom stereocenters. The minimum atomic E-state index is -1.10. The molecular weight excluding hydrogens is 304 g/mol. The maximum atomic E-state index is 12.3. The summed E-state index contributed by atoms with van der Waals surface area (Å²) >= 11 is 5.91. The molecule has 2 aromatic carbocycles. The van der Waals surface area contributed by atoms with Gasteiger partial charge in [-0.3, -0.25) is 4.79 Å². The Hall–Kier alpha value is -2.79. The van der Waals surface area contributed by atoms with Crippen LogP contribution in [0.4, 0.5) is 5.69 Å². The van der Waals surface area contributed by atoms with Gasteiger partial charge >= 0.3 is 5.97 Å². The summed E-state index contributed by atoms with van der Waals surface area (Å²) in [7, 11) is 0. The topological polar surface area (TPSA) is 82.2 Å². The van der Waals surface area contributed by atoms with Gasteiger partial charge in [0.2, 0.25) is 0 Å². The molecule has 0 spiro atoms. The highest BCUT2D eigenvalue weighted by Crippen LogP contribution is 2.21. The van der Waals surface area contributed by atoms with Crippen LogP contribution in [0.5, 0.6) is 0 Å². The first-order chi connectivity index (χ1) is 10.5. The number of fused-ring (bicyclic) bond motifs is 1. The Bertz CT molecular complexity index is 886. The van der Waals surface area contributed by atoms with Gasteiger partial charge in [-0.2, -0.15) is 0 Å². The lowest BCUT2D eigenvalue weighted by Crippen LogP contribution is -2.15. The van der Waals surface area contributed by atoms with Crippen molar-refractivity contribution in [2.45, 2.75) is 0 Å². The van der Waals surface area contributed by atoms with Crippen molar-refractivity contribution in [3.8, 4) is 0 Å². The van der Waals surface area contributed by atoms with Crippen molar-refractivity contribution in [2.24, 2.45) is 0 Å². The Labute approximate surface area is 130 Å². The van der Waals surface area contributed by atoms with Crippen LogP contribution >= 0.6 is 11.6 Å². The zero-order valence-electron chi connectivity index (χ0n) is 11.3. The van der Waals surface area contributed by atoms with Gasteiger partial charge in [0.1, 0.15) is 5.69 Å². The second kappa shape index (κ2) is 5.54. The van der Waals surface area contributed by atoms with Crippen LogP contribution in [0, 0.1) is 0 Å². The monoisotopic (exact) mass is 314 g/mol. The lowest BCUT2D eigenvalue weighted by molar-refractivity contribution is 0.0698. The first kappa shape index (κ1) is 14.2. The molecule has 0 aliphatic rings. The highest BCUT2D eigenvalue weighted by atomic mass is 35.5. The van der Waals surface area contributed by atoms with Crippen LogP contribution in [0.2, 0.25) is 5.02 Å². The number of anilines is 1. The third-order valence-corrected chi connectivity index (χ3v) is 3.47. The number of carboxylic acid groups (broad SMARTS) is 1. The molecule has 3 aromatic rings. The van der Waals surface area contributed by atoms with Gasteiger partial charge in [-0.05, 0) is 36.4 Å². The minimum Gasteiger partial charge on any atom is -0.478 e. The van der Waals surface area contributed by atoms with E-state index in [1.54, 1.807) is 42.5 Å². The zero-order chi connectivity index (χ0) is 15.7. The van der Waals surface area contributed by atoms with Crippen LogP contribution in [-0.2, 0) is 0 Å². The SMILES string of the molecule is O=C(Nc1ccccc1C(=O)O)c1cc2cc(Cl)ccc2[nH]1. The van der Waals surface area contributed by atoms with Crippen LogP contribution in [0.3, 0.4) is 0 Å². The van der Waals surface area contributed by atoms with Crippen LogP contribution in [0.25, 0.3) is 10.9 Å². The highest BCUT2D eigenvalue weighted by molar-refractivity contribution is 6.31. The first-order valence-corrected chi connectivity index (χ1v) is 6.84. The van der Waals surface area contributed by atoms with Gasteiger partial charge in [0.15, 0.2) is 0 Å². The van der Waals surface area contributed by atoms with E-state index in [9.17, 15) is 9.59 Å². The maximum Gasteiger partial charge on any atom is 0.337 e. The van der Waals surface area contributed by atoms with Crippen LogP contribution in [0.1, 0.15) is 20.8 Å². The molecule has 0 bridgehead atoms. The van der Waals surface area contributed by atoms with E-state index in [1.807, 2.05) is 0 Å². The van der Waals surface area contributed by atoms with E-state index in [-0.39, 0.29) is 11.3 Å². The molecule has 0 radical (unpaired) electrons. The molecule has 0 fully saturated rings. The van der Waals surface area contributed by atoms with E-state index >= 15 is 0 Å². The third-order valence-electron chi connectivity index (χ3n) is 3.23. The number of amides is 1. The number of carbonyl (C=O) groups excluding carboxylic acids is 1. The van der Waals surface area contributed by atoms with E-state index < -0.39 is 11.9 Å². The predicted octanol–water partition coefficient (Wildman–Crippen LogP) is 3.77. The van der Waals surface area contributed by atoms with Crippen LogP contribution < -0.4 is 5.32 Å². The second-order valence-electron chi connectivity index (χ2n) is 4.72. The standard InChI is InChI=1S/C16H11ClN2O3/c17-10-5-6-12-9(7-10)8-14(18-12)15(20)19-13-4-2-1-3-11(13)16(21)22/h1-8,18H,(H,19,20)(H,21,22). The Morgan fingerprint density at radius 3 is 2.64 bits per heavy atom. The van der Waals surface area contributed by atoms with Gasteiger partial charge < -0.3 is 15.4 Å². The number of benzene rings is 2. The lowest BCUT2D eigenvalue weighted by atomic mass is 10.1. The predicted molar refractivity (Wildman–Crippen MR) is 84.7 cm³/mol. The number of aromatic carboxylic acids is 1. The number of para-hydroxylation sites is 1. The molecule has 5 nitrogen and oxygen atoms in total. The summed E-state index contributed by atoms with van der Waals surface area (Å²) in [6.45, 7) is 0. The Kier molecular flexibility index (Phi) is 3.56. The molecule has 0 saturated carbocycles. The molecule has 0 aliphatic heterocycles. The molecule has 6 heteroatoms. The van der Waals surface area contributed by atoms with E-state index in [1.165, 1.54) is 6.07 Å². The largest absolute Gasteiger partial charge is 0.478 e. The molecule has 0 saturated heterocycles. The van der Waals surface area contributed by atoms with E-state index in [4.69, 9.17) is 16.7 Å². The number of halogens is 1. The minimum absolute atomic E-state index is 0.0370. The van der Waals surface area contributed by atoms with Crippen molar-refractivity contribution in [1.82, 2.24) is 4.98 Å². The van der Waals surface area contributed by atoms with Crippen molar-refractivity contribution in [3.63, 3.8) is 0 Å². The van der Waals surface area contributed by atoms with Crippen molar-refractivity contribution in [3.05, 3.63) is 64.8 Å². The number of aromatic amines is 1. The van der Waals surface area contributed by atoms with Gasteiger partial charge in [-0.15, -0.1) is 0 Å². The molecule has 0 aliphatic carbocycles. The smallest absolute Gasteiger partial charge is 0.337 e. The Morgan fingerprint density at radius 1 is 1.09 bits per heavy atom. The van der Waals surface area contributed by atoms with E-state index in [2.05, 4.69) is 10.3 Å². The van der Waals surface area contributed by atoms with Gasteiger partial charge in [0.05, 0.1) is 11.3 Å². The molecule has 3 rings (SSSR count). The average Bonchev–Trinajstić information content (AvgIpc) is 2.90. The third kappa shape index (κ3) is 2.66. The summed E-state index contributed by atoms with van der Waals surface area (Å²) in [4.78, 5) is 26.4. The zero-order valence-corrected chi connectivity index (χ0v) is 12.0. The first-order valence-electron chi connectivity index (χ1n) is 6.46.